The smallest absolute Gasteiger partial charge is 0.324 e. The van der Waals surface area contributed by atoms with Crippen LogP contribution in [0.2, 0.25) is 0 Å². The number of rotatable bonds is 2. The Hall–Kier alpha value is -0.610. The minimum atomic E-state index is -0.641. The molecule has 0 aromatic heterocycles. The highest BCUT2D eigenvalue weighted by Gasteiger charge is 2.48. The van der Waals surface area contributed by atoms with Crippen LogP contribution in [0.3, 0.4) is 0 Å². The van der Waals surface area contributed by atoms with Crippen molar-refractivity contribution in [1.82, 2.24) is 4.90 Å². The van der Waals surface area contributed by atoms with E-state index in [1.807, 2.05) is 0 Å². The van der Waals surface area contributed by atoms with Crippen LogP contribution in [0.5, 0.6) is 0 Å². The van der Waals surface area contributed by atoms with Crippen LogP contribution in [0.4, 0.5) is 0 Å². The van der Waals surface area contributed by atoms with Crippen molar-refractivity contribution in [1.29, 1.82) is 0 Å². The van der Waals surface area contributed by atoms with Gasteiger partial charge in [0, 0.05) is 13.1 Å². The van der Waals surface area contributed by atoms with E-state index in [9.17, 15) is 9.90 Å². The summed E-state index contributed by atoms with van der Waals surface area (Å²) in [6.45, 7) is 7.19. The minimum absolute atomic E-state index is 0.498. The summed E-state index contributed by atoms with van der Waals surface area (Å²) in [5.41, 5.74) is -0.638. The fourth-order valence-electron chi connectivity index (χ4n) is 3.65. The molecule has 4 heteroatoms. The third-order valence-corrected chi connectivity index (χ3v) is 4.19. The van der Waals surface area contributed by atoms with Crippen molar-refractivity contribution in [3.05, 3.63) is 0 Å². The highest BCUT2D eigenvalue weighted by atomic mass is 16.5. The van der Waals surface area contributed by atoms with Crippen LogP contribution in [0.15, 0.2) is 0 Å². The molecule has 1 saturated carbocycles. The van der Waals surface area contributed by atoms with E-state index in [0.717, 1.165) is 32.4 Å². The Bertz CT molecular complexity index is 276. The van der Waals surface area contributed by atoms with Crippen molar-refractivity contribution in [2.24, 2.45) is 11.8 Å². The van der Waals surface area contributed by atoms with Gasteiger partial charge in [-0.15, -0.1) is 0 Å². The topological polar surface area (TPSA) is 49.8 Å². The monoisotopic (exact) mass is 241 g/mol. The Labute approximate surface area is 103 Å². The van der Waals surface area contributed by atoms with Crippen LogP contribution < -0.4 is 0 Å². The summed E-state index contributed by atoms with van der Waals surface area (Å²) in [5, 5.41) is 9.69. The summed E-state index contributed by atoms with van der Waals surface area (Å²) in [5.74, 6) is 0.355. The summed E-state index contributed by atoms with van der Waals surface area (Å²) >= 11 is 0. The SMILES string of the molecule is CC1CC(C)CC(C(=O)O)(N2CCOCC2)C1. The van der Waals surface area contributed by atoms with E-state index in [4.69, 9.17) is 4.74 Å². The van der Waals surface area contributed by atoms with Gasteiger partial charge < -0.3 is 9.84 Å². The average molecular weight is 241 g/mol. The normalized spacial score (nSPS) is 40.1. The molecule has 0 bridgehead atoms. The van der Waals surface area contributed by atoms with E-state index >= 15 is 0 Å². The molecule has 98 valence electrons. The zero-order valence-electron chi connectivity index (χ0n) is 10.8. The molecule has 0 amide bonds. The molecule has 1 aliphatic carbocycles. The maximum atomic E-state index is 11.8. The van der Waals surface area contributed by atoms with E-state index in [1.165, 1.54) is 0 Å². The van der Waals surface area contributed by atoms with E-state index < -0.39 is 11.5 Å². The van der Waals surface area contributed by atoms with Crippen LogP contribution >= 0.6 is 0 Å². The highest BCUT2D eigenvalue weighted by molar-refractivity contribution is 5.79. The Morgan fingerprint density at radius 3 is 2.24 bits per heavy atom. The second kappa shape index (κ2) is 4.94. The highest BCUT2D eigenvalue weighted by Crippen LogP contribution is 2.40. The maximum Gasteiger partial charge on any atom is 0.324 e. The Kier molecular flexibility index (Phi) is 3.73. The number of hydrogen-bond acceptors (Lipinski definition) is 3. The molecule has 0 spiro atoms. The standard InChI is InChI=1S/C13H23NO3/c1-10-7-11(2)9-13(8-10,12(15)16)14-3-5-17-6-4-14/h10-11H,3-9H2,1-2H3,(H,15,16). The number of ether oxygens (including phenoxy) is 1. The van der Waals surface area contributed by atoms with Gasteiger partial charge in [-0.05, 0) is 31.1 Å². The molecule has 0 radical (unpaired) electrons. The van der Waals surface area contributed by atoms with E-state index in [0.29, 0.717) is 25.0 Å². The van der Waals surface area contributed by atoms with Crippen molar-refractivity contribution >= 4 is 5.97 Å². The Morgan fingerprint density at radius 1 is 1.24 bits per heavy atom. The largest absolute Gasteiger partial charge is 0.480 e. The lowest BCUT2D eigenvalue weighted by Crippen LogP contribution is -2.61. The number of morpholine rings is 1. The third-order valence-electron chi connectivity index (χ3n) is 4.19. The summed E-state index contributed by atoms with van der Waals surface area (Å²) in [4.78, 5) is 13.9. The average Bonchev–Trinajstić information content (AvgIpc) is 2.28. The van der Waals surface area contributed by atoms with Crippen LogP contribution in [-0.2, 0) is 9.53 Å². The molecule has 1 aliphatic heterocycles. The van der Waals surface area contributed by atoms with Gasteiger partial charge in [-0.1, -0.05) is 13.8 Å². The van der Waals surface area contributed by atoms with Crippen molar-refractivity contribution < 1.29 is 14.6 Å². The van der Waals surface area contributed by atoms with Gasteiger partial charge in [0.2, 0.25) is 0 Å². The first-order valence-electron chi connectivity index (χ1n) is 6.61. The first-order valence-corrected chi connectivity index (χ1v) is 6.61. The molecule has 17 heavy (non-hydrogen) atoms. The molecule has 1 N–H and O–H groups in total. The molecule has 2 aliphatic rings. The lowest BCUT2D eigenvalue weighted by molar-refractivity contribution is -0.161. The molecule has 2 fully saturated rings. The fraction of sp³-hybridized carbons (Fsp3) is 0.923. The summed E-state index contributed by atoms with van der Waals surface area (Å²) in [7, 11) is 0. The number of carboxylic acid groups (broad SMARTS) is 1. The molecule has 0 aromatic carbocycles. The second-order valence-corrected chi connectivity index (χ2v) is 5.79. The molecular formula is C13H23NO3. The van der Waals surface area contributed by atoms with Gasteiger partial charge in [0.15, 0.2) is 0 Å². The first kappa shape index (κ1) is 12.8. The quantitative estimate of drug-likeness (QED) is 0.797. The zero-order chi connectivity index (χ0) is 12.5. The van der Waals surface area contributed by atoms with Gasteiger partial charge in [0.1, 0.15) is 5.54 Å². The van der Waals surface area contributed by atoms with Gasteiger partial charge >= 0.3 is 5.97 Å². The zero-order valence-corrected chi connectivity index (χ0v) is 10.8. The Morgan fingerprint density at radius 2 is 1.76 bits per heavy atom. The molecule has 2 rings (SSSR count). The first-order chi connectivity index (χ1) is 8.04. The maximum absolute atomic E-state index is 11.8. The Balaban J connectivity index is 2.21. The van der Waals surface area contributed by atoms with Crippen LogP contribution in [0, 0.1) is 11.8 Å². The third kappa shape index (κ3) is 2.47. The summed E-state index contributed by atoms with van der Waals surface area (Å²) in [6.07, 6.45) is 2.72. The van der Waals surface area contributed by atoms with Crippen LogP contribution in [0.1, 0.15) is 33.1 Å². The van der Waals surface area contributed by atoms with Gasteiger partial charge in [0.05, 0.1) is 13.2 Å². The van der Waals surface area contributed by atoms with Crippen LogP contribution in [0.25, 0.3) is 0 Å². The lowest BCUT2D eigenvalue weighted by Gasteiger charge is -2.48. The second-order valence-electron chi connectivity index (χ2n) is 5.79. The van der Waals surface area contributed by atoms with Crippen molar-refractivity contribution in [2.45, 2.75) is 38.6 Å². The molecular weight excluding hydrogens is 218 g/mol. The van der Waals surface area contributed by atoms with Gasteiger partial charge in [-0.3, -0.25) is 9.69 Å². The van der Waals surface area contributed by atoms with Gasteiger partial charge in [-0.25, -0.2) is 0 Å². The van der Waals surface area contributed by atoms with Gasteiger partial charge in [0.25, 0.3) is 0 Å². The summed E-state index contributed by atoms with van der Waals surface area (Å²) < 4.78 is 5.33. The molecule has 2 atom stereocenters. The molecule has 1 saturated heterocycles. The molecule has 1 heterocycles. The minimum Gasteiger partial charge on any atom is -0.480 e. The number of nitrogens with zero attached hydrogens (tertiary/aromatic N) is 1. The number of hydrogen-bond donors (Lipinski definition) is 1. The summed E-state index contributed by atoms with van der Waals surface area (Å²) in [6, 6.07) is 0. The molecule has 2 unspecified atom stereocenters. The number of carbonyl (C=O) groups is 1. The predicted octanol–water partition coefficient (Wildman–Crippen LogP) is 1.60. The van der Waals surface area contributed by atoms with Crippen molar-refractivity contribution in [2.75, 3.05) is 26.3 Å². The van der Waals surface area contributed by atoms with Gasteiger partial charge in [-0.2, -0.15) is 0 Å². The lowest BCUT2D eigenvalue weighted by atomic mass is 9.70. The number of aliphatic carboxylic acids is 1. The van der Waals surface area contributed by atoms with Crippen molar-refractivity contribution in [3.63, 3.8) is 0 Å². The number of carboxylic acids is 1. The van der Waals surface area contributed by atoms with E-state index in [-0.39, 0.29) is 0 Å². The predicted molar refractivity (Wildman–Crippen MR) is 64.9 cm³/mol. The van der Waals surface area contributed by atoms with E-state index in [1.54, 1.807) is 0 Å². The molecule has 0 aromatic rings. The van der Waals surface area contributed by atoms with Crippen molar-refractivity contribution in [3.8, 4) is 0 Å². The van der Waals surface area contributed by atoms with Crippen LogP contribution in [-0.4, -0.2) is 47.8 Å². The molecule has 4 nitrogen and oxygen atoms in total. The fourth-order valence-corrected chi connectivity index (χ4v) is 3.65. The van der Waals surface area contributed by atoms with E-state index in [2.05, 4.69) is 18.7 Å².